The number of nitrogens with zero attached hydrogens (tertiary/aromatic N) is 1. The molecular weight excluding hydrogens is 286 g/mol. The summed E-state index contributed by atoms with van der Waals surface area (Å²) in [6.45, 7) is 4.10. The van der Waals surface area contributed by atoms with Crippen molar-refractivity contribution < 1.29 is 4.79 Å². The van der Waals surface area contributed by atoms with Gasteiger partial charge in [-0.1, -0.05) is 18.0 Å². The second-order valence-corrected chi connectivity index (χ2v) is 6.71. The molecule has 1 aliphatic carbocycles. The molecule has 1 saturated carbocycles. The van der Waals surface area contributed by atoms with Crippen molar-refractivity contribution >= 4 is 28.9 Å². The molecule has 0 bridgehead atoms. The van der Waals surface area contributed by atoms with E-state index >= 15 is 0 Å². The number of nitrogen functional groups attached to an aromatic ring is 1. The zero-order valence-electron chi connectivity index (χ0n) is 12.3. The van der Waals surface area contributed by atoms with Crippen LogP contribution >= 0.6 is 11.6 Å². The highest BCUT2D eigenvalue weighted by atomic mass is 35.5. The molecule has 1 saturated heterocycles. The van der Waals surface area contributed by atoms with Gasteiger partial charge < -0.3 is 11.1 Å². The zero-order valence-corrected chi connectivity index (χ0v) is 13.1. The highest BCUT2D eigenvalue weighted by Gasteiger charge is 2.39. The molecule has 1 aromatic carbocycles. The number of carbonyl (C=O) groups is 1. The molecule has 114 valence electrons. The lowest BCUT2D eigenvalue weighted by atomic mass is 10.0. The molecule has 3 N–H and O–H groups in total. The van der Waals surface area contributed by atoms with Gasteiger partial charge in [0, 0.05) is 18.8 Å². The number of hydrogen-bond acceptors (Lipinski definition) is 3. The fourth-order valence-corrected chi connectivity index (χ4v) is 3.74. The number of anilines is 2. The van der Waals surface area contributed by atoms with Crippen LogP contribution in [-0.2, 0) is 4.79 Å². The molecule has 1 aliphatic heterocycles. The quantitative estimate of drug-likeness (QED) is 0.844. The van der Waals surface area contributed by atoms with Crippen LogP contribution in [0.15, 0.2) is 18.2 Å². The third-order valence-electron chi connectivity index (χ3n) is 4.95. The maximum absolute atomic E-state index is 12.4. The predicted octanol–water partition coefficient (Wildman–Crippen LogP) is 2.98. The Morgan fingerprint density at radius 2 is 2.05 bits per heavy atom. The minimum Gasteiger partial charge on any atom is -0.397 e. The minimum absolute atomic E-state index is 0.0247. The largest absolute Gasteiger partial charge is 0.397 e. The van der Waals surface area contributed by atoms with Crippen LogP contribution in [0, 0.1) is 11.8 Å². The van der Waals surface area contributed by atoms with Crippen LogP contribution in [0.25, 0.3) is 0 Å². The summed E-state index contributed by atoms with van der Waals surface area (Å²) in [6, 6.07) is 5.08. The molecule has 3 unspecified atom stereocenters. The van der Waals surface area contributed by atoms with Gasteiger partial charge >= 0.3 is 0 Å². The van der Waals surface area contributed by atoms with Crippen molar-refractivity contribution in [2.24, 2.45) is 11.8 Å². The first-order valence-corrected chi connectivity index (χ1v) is 8.02. The molecule has 2 fully saturated rings. The molecule has 1 heterocycles. The molecule has 4 nitrogen and oxygen atoms in total. The first-order chi connectivity index (χ1) is 10.0. The Balaban J connectivity index is 1.61. The topological polar surface area (TPSA) is 58.4 Å². The van der Waals surface area contributed by atoms with Crippen molar-refractivity contribution in [3.63, 3.8) is 0 Å². The molecule has 3 rings (SSSR count). The van der Waals surface area contributed by atoms with E-state index in [1.165, 1.54) is 19.3 Å². The summed E-state index contributed by atoms with van der Waals surface area (Å²) in [5.74, 6) is 1.62. The van der Waals surface area contributed by atoms with E-state index in [0.29, 0.717) is 16.4 Å². The Morgan fingerprint density at radius 1 is 1.38 bits per heavy atom. The van der Waals surface area contributed by atoms with Crippen LogP contribution in [0.4, 0.5) is 11.4 Å². The standard InChI is InChI=1S/C16H22ClN3O/c1-10(20-8-11-3-2-4-12(11)9-20)16(21)19-13-5-6-14(17)15(18)7-13/h5-7,10-12H,2-4,8-9,18H2,1H3,(H,19,21). The normalized spacial score (nSPS) is 26.6. The molecule has 3 atom stereocenters. The van der Waals surface area contributed by atoms with Gasteiger partial charge in [0.1, 0.15) is 0 Å². The van der Waals surface area contributed by atoms with E-state index in [4.69, 9.17) is 17.3 Å². The highest BCUT2D eigenvalue weighted by Crippen LogP contribution is 2.38. The first-order valence-electron chi connectivity index (χ1n) is 7.64. The van der Waals surface area contributed by atoms with E-state index in [2.05, 4.69) is 10.2 Å². The zero-order chi connectivity index (χ0) is 15.0. The SMILES string of the molecule is CC(C(=O)Nc1ccc(Cl)c(N)c1)N1CC2CCCC2C1. The second-order valence-electron chi connectivity index (χ2n) is 6.31. The van der Waals surface area contributed by atoms with Gasteiger partial charge in [-0.15, -0.1) is 0 Å². The Kier molecular flexibility index (Phi) is 4.09. The van der Waals surface area contributed by atoms with Crippen molar-refractivity contribution in [1.82, 2.24) is 4.90 Å². The second kappa shape index (κ2) is 5.85. The number of benzene rings is 1. The Labute approximate surface area is 130 Å². The predicted molar refractivity (Wildman–Crippen MR) is 86.4 cm³/mol. The fourth-order valence-electron chi connectivity index (χ4n) is 3.62. The average molecular weight is 308 g/mol. The number of amides is 1. The van der Waals surface area contributed by atoms with Crippen LogP contribution in [-0.4, -0.2) is 29.9 Å². The number of nitrogens with one attached hydrogen (secondary N) is 1. The number of nitrogens with two attached hydrogens (primary N) is 1. The molecule has 0 aromatic heterocycles. The average Bonchev–Trinajstić information content (AvgIpc) is 3.03. The number of rotatable bonds is 3. The molecule has 0 radical (unpaired) electrons. The summed E-state index contributed by atoms with van der Waals surface area (Å²) in [5, 5.41) is 3.44. The van der Waals surface area contributed by atoms with E-state index in [9.17, 15) is 4.79 Å². The summed E-state index contributed by atoms with van der Waals surface area (Å²) >= 11 is 5.89. The number of carbonyl (C=O) groups excluding carboxylic acids is 1. The summed E-state index contributed by atoms with van der Waals surface area (Å²) in [7, 11) is 0. The van der Waals surface area contributed by atoms with Crippen molar-refractivity contribution in [2.45, 2.75) is 32.2 Å². The van der Waals surface area contributed by atoms with Gasteiger partial charge in [0.05, 0.1) is 16.8 Å². The van der Waals surface area contributed by atoms with Gasteiger partial charge in [-0.2, -0.15) is 0 Å². The van der Waals surface area contributed by atoms with Crippen molar-refractivity contribution in [1.29, 1.82) is 0 Å². The smallest absolute Gasteiger partial charge is 0.241 e. The fraction of sp³-hybridized carbons (Fsp3) is 0.562. The van der Waals surface area contributed by atoms with Gasteiger partial charge in [-0.3, -0.25) is 9.69 Å². The Hall–Kier alpha value is -1.26. The third kappa shape index (κ3) is 3.01. The van der Waals surface area contributed by atoms with Crippen LogP contribution in [0.1, 0.15) is 26.2 Å². The van der Waals surface area contributed by atoms with Gasteiger partial charge in [-0.05, 0) is 49.8 Å². The van der Waals surface area contributed by atoms with E-state index in [1.807, 2.05) is 6.92 Å². The third-order valence-corrected chi connectivity index (χ3v) is 5.29. The lowest BCUT2D eigenvalue weighted by molar-refractivity contribution is -0.120. The summed E-state index contributed by atoms with van der Waals surface area (Å²) < 4.78 is 0. The number of likely N-dealkylation sites (tertiary alicyclic amines) is 1. The van der Waals surface area contributed by atoms with Crippen LogP contribution < -0.4 is 11.1 Å². The number of halogens is 1. The summed E-state index contributed by atoms with van der Waals surface area (Å²) in [4.78, 5) is 14.7. The summed E-state index contributed by atoms with van der Waals surface area (Å²) in [5.41, 5.74) is 6.95. The van der Waals surface area contributed by atoms with E-state index < -0.39 is 0 Å². The minimum atomic E-state index is -0.104. The molecule has 2 aliphatic rings. The Bertz CT molecular complexity index is 536. The van der Waals surface area contributed by atoms with Crippen LogP contribution in [0.5, 0.6) is 0 Å². The van der Waals surface area contributed by atoms with Gasteiger partial charge in [0.2, 0.25) is 5.91 Å². The molecule has 1 aromatic rings. The Morgan fingerprint density at radius 3 is 2.67 bits per heavy atom. The maximum atomic E-state index is 12.4. The summed E-state index contributed by atoms with van der Waals surface area (Å²) in [6.07, 6.45) is 4.00. The van der Waals surface area contributed by atoms with Gasteiger partial charge in [0.25, 0.3) is 0 Å². The molecule has 0 spiro atoms. The molecular formula is C16H22ClN3O. The van der Waals surface area contributed by atoms with E-state index in [-0.39, 0.29) is 11.9 Å². The number of hydrogen-bond donors (Lipinski definition) is 2. The van der Waals surface area contributed by atoms with Gasteiger partial charge in [0.15, 0.2) is 0 Å². The number of fused-ring (bicyclic) bond motifs is 1. The van der Waals surface area contributed by atoms with E-state index in [0.717, 1.165) is 24.9 Å². The molecule has 1 amide bonds. The van der Waals surface area contributed by atoms with E-state index in [1.54, 1.807) is 18.2 Å². The van der Waals surface area contributed by atoms with Crippen molar-refractivity contribution in [3.8, 4) is 0 Å². The lowest BCUT2D eigenvalue weighted by Crippen LogP contribution is -2.41. The van der Waals surface area contributed by atoms with Gasteiger partial charge in [-0.25, -0.2) is 0 Å². The monoisotopic (exact) mass is 307 g/mol. The first kappa shape index (κ1) is 14.7. The highest BCUT2D eigenvalue weighted by molar-refractivity contribution is 6.33. The maximum Gasteiger partial charge on any atom is 0.241 e. The molecule has 5 heteroatoms. The molecule has 21 heavy (non-hydrogen) atoms. The van der Waals surface area contributed by atoms with Crippen molar-refractivity contribution in [3.05, 3.63) is 23.2 Å². The van der Waals surface area contributed by atoms with Crippen LogP contribution in [0.3, 0.4) is 0 Å². The van der Waals surface area contributed by atoms with Crippen molar-refractivity contribution in [2.75, 3.05) is 24.1 Å². The van der Waals surface area contributed by atoms with Crippen LogP contribution in [0.2, 0.25) is 5.02 Å². The lowest BCUT2D eigenvalue weighted by Gasteiger charge is -2.24.